The average molecular weight is 400 g/mol. The van der Waals surface area contributed by atoms with Crippen molar-refractivity contribution in [1.82, 2.24) is 9.88 Å². The molecule has 0 saturated carbocycles. The van der Waals surface area contributed by atoms with Crippen LogP contribution in [0.5, 0.6) is 0 Å². The molecule has 1 N–H and O–H groups in total. The van der Waals surface area contributed by atoms with Crippen LogP contribution in [0.2, 0.25) is 0 Å². The number of esters is 1. The fourth-order valence-corrected chi connectivity index (χ4v) is 3.16. The summed E-state index contributed by atoms with van der Waals surface area (Å²) in [5, 5.41) is 13.5. The van der Waals surface area contributed by atoms with Crippen molar-refractivity contribution in [2.45, 2.75) is 12.8 Å². The van der Waals surface area contributed by atoms with Crippen LogP contribution in [0, 0.1) is 10.1 Å². The van der Waals surface area contributed by atoms with E-state index in [4.69, 9.17) is 4.74 Å². The van der Waals surface area contributed by atoms with Crippen LogP contribution >= 0.6 is 0 Å². The zero-order valence-corrected chi connectivity index (χ0v) is 15.8. The number of hydrogen-bond donors (Lipinski definition) is 1. The van der Waals surface area contributed by atoms with E-state index in [1.165, 1.54) is 22.8 Å². The number of aromatic nitrogens is 1. The largest absolute Gasteiger partial charge is 0.452 e. The number of benzene rings is 1. The number of rotatable bonds is 6. The molecule has 1 aromatic heterocycles. The van der Waals surface area contributed by atoms with E-state index in [0.717, 1.165) is 32.0 Å². The molecule has 0 bridgehead atoms. The topological polar surface area (TPSA) is 124 Å². The number of carbonyl (C=O) groups is 3. The summed E-state index contributed by atoms with van der Waals surface area (Å²) in [6, 6.07) is 7.27. The first-order chi connectivity index (χ1) is 13.9. The lowest BCUT2D eigenvalue weighted by Crippen LogP contribution is -2.35. The smallest absolute Gasteiger partial charge is 0.338 e. The maximum absolute atomic E-state index is 12.2. The first-order valence-electron chi connectivity index (χ1n) is 9.03. The molecule has 1 fully saturated rings. The molecule has 2 amide bonds. The Balaban J connectivity index is 1.62. The number of anilines is 1. The van der Waals surface area contributed by atoms with Gasteiger partial charge in [-0.25, -0.2) is 4.79 Å². The second kappa shape index (κ2) is 8.55. The molecular weight excluding hydrogens is 380 g/mol. The third-order valence-corrected chi connectivity index (χ3v) is 4.62. The maximum atomic E-state index is 12.2. The molecule has 0 atom stereocenters. The number of hydrogen-bond acceptors (Lipinski definition) is 7. The van der Waals surface area contributed by atoms with E-state index in [1.54, 1.807) is 19.3 Å². The average Bonchev–Trinajstić information content (AvgIpc) is 3.37. The molecule has 2 heterocycles. The second-order valence-electron chi connectivity index (χ2n) is 6.61. The second-order valence-corrected chi connectivity index (χ2v) is 6.61. The zero-order chi connectivity index (χ0) is 21.0. The van der Waals surface area contributed by atoms with E-state index in [9.17, 15) is 24.5 Å². The molecular formula is C19H20N4O6. The summed E-state index contributed by atoms with van der Waals surface area (Å²) in [6.07, 6.45) is 3.56. The van der Waals surface area contributed by atoms with Gasteiger partial charge in [0.25, 0.3) is 17.5 Å². The summed E-state index contributed by atoms with van der Waals surface area (Å²) in [5.74, 6) is -2.31. The van der Waals surface area contributed by atoms with E-state index in [0.29, 0.717) is 5.69 Å². The van der Waals surface area contributed by atoms with Gasteiger partial charge in [0, 0.05) is 32.4 Å². The first kappa shape index (κ1) is 20.1. The van der Waals surface area contributed by atoms with Gasteiger partial charge in [-0.2, -0.15) is 0 Å². The molecule has 1 aliphatic rings. The molecule has 152 valence electrons. The summed E-state index contributed by atoms with van der Waals surface area (Å²) < 4.78 is 6.43. The summed E-state index contributed by atoms with van der Waals surface area (Å²) in [7, 11) is 1.65. The number of imide groups is 1. The third-order valence-electron chi connectivity index (χ3n) is 4.62. The van der Waals surface area contributed by atoms with Gasteiger partial charge in [-0.15, -0.1) is 0 Å². The van der Waals surface area contributed by atoms with Crippen molar-refractivity contribution in [1.29, 1.82) is 0 Å². The van der Waals surface area contributed by atoms with Gasteiger partial charge >= 0.3 is 5.97 Å². The van der Waals surface area contributed by atoms with Crippen LogP contribution < -0.4 is 10.2 Å². The van der Waals surface area contributed by atoms with Gasteiger partial charge in [0.1, 0.15) is 11.4 Å². The molecule has 10 heteroatoms. The summed E-state index contributed by atoms with van der Waals surface area (Å²) in [4.78, 5) is 48.8. The fraction of sp³-hybridized carbons (Fsp3) is 0.316. The third kappa shape index (κ3) is 4.60. The highest BCUT2D eigenvalue weighted by molar-refractivity contribution is 6.04. The molecule has 1 aliphatic heterocycles. The normalized spacial score (nSPS) is 13.2. The SMILES string of the molecule is Cn1cccc1C(=O)NC(=O)COC(=O)c1ccc(N2CCCC2)c([N+](=O)[O-])c1. The lowest BCUT2D eigenvalue weighted by molar-refractivity contribution is -0.384. The standard InChI is InChI=1S/C19H20N4O6/c1-21-8-4-5-15(21)18(25)20-17(24)12-29-19(26)13-6-7-14(16(11-13)23(27)28)22-9-2-3-10-22/h4-8,11H,2-3,9-10,12H2,1H3,(H,20,24,25). The summed E-state index contributed by atoms with van der Waals surface area (Å²) >= 11 is 0. The summed E-state index contributed by atoms with van der Waals surface area (Å²) in [5.41, 5.74) is 0.499. The number of nitrogens with one attached hydrogen (secondary N) is 1. The number of amides is 2. The molecule has 1 aromatic carbocycles. The Hall–Kier alpha value is -3.69. The molecule has 0 aliphatic carbocycles. The molecule has 29 heavy (non-hydrogen) atoms. The quantitative estimate of drug-likeness (QED) is 0.444. The van der Waals surface area contributed by atoms with Crippen LogP contribution in [0.3, 0.4) is 0 Å². The Morgan fingerprint density at radius 3 is 2.55 bits per heavy atom. The first-order valence-corrected chi connectivity index (χ1v) is 9.03. The van der Waals surface area contributed by atoms with Crippen molar-refractivity contribution < 1.29 is 24.0 Å². The van der Waals surface area contributed by atoms with Crippen LogP contribution in [0.1, 0.15) is 33.7 Å². The van der Waals surface area contributed by atoms with Crippen molar-refractivity contribution in [3.8, 4) is 0 Å². The van der Waals surface area contributed by atoms with Crippen LogP contribution in [0.4, 0.5) is 11.4 Å². The van der Waals surface area contributed by atoms with Crippen LogP contribution in [0.25, 0.3) is 0 Å². The lowest BCUT2D eigenvalue weighted by atomic mass is 10.1. The molecule has 0 spiro atoms. The van der Waals surface area contributed by atoms with E-state index < -0.39 is 29.3 Å². The highest BCUT2D eigenvalue weighted by Gasteiger charge is 2.24. The minimum atomic E-state index is -0.887. The minimum Gasteiger partial charge on any atom is -0.452 e. The number of nitrogens with zero attached hydrogens (tertiary/aromatic N) is 3. The Morgan fingerprint density at radius 1 is 1.21 bits per heavy atom. The molecule has 0 radical (unpaired) electrons. The van der Waals surface area contributed by atoms with Crippen molar-refractivity contribution in [2.24, 2.45) is 7.05 Å². The lowest BCUT2D eigenvalue weighted by Gasteiger charge is -2.17. The highest BCUT2D eigenvalue weighted by atomic mass is 16.6. The van der Waals surface area contributed by atoms with Crippen molar-refractivity contribution in [3.05, 3.63) is 57.9 Å². The van der Waals surface area contributed by atoms with Gasteiger partial charge in [0.2, 0.25) is 0 Å². The monoisotopic (exact) mass is 400 g/mol. The number of nitro groups is 1. The Kier molecular flexibility index (Phi) is 5.91. The van der Waals surface area contributed by atoms with E-state index in [1.807, 2.05) is 4.90 Å². The van der Waals surface area contributed by atoms with Gasteiger partial charge < -0.3 is 14.2 Å². The highest BCUT2D eigenvalue weighted by Crippen LogP contribution is 2.31. The van der Waals surface area contributed by atoms with Gasteiger partial charge in [0.15, 0.2) is 6.61 Å². The number of ether oxygens (including phenoxy) is 1. The van der Waals surface area contributed by atoms with Crippen LogP contribution in [0.15, 0.2) is 36.5 Å². The Morgan fingerprint density at radius 2 is 1.93 bits per heavy atom. The van der Waals surface area contributed by atoms with Crippen LogP contribution in [-0.4, -0.2) is 47.0 Å². The predicted molar refractivity (Wildman–Crippen MR) is 103 cm³/mol. The van der Waals surface area contributed by atoms with E-state index >= 15 is 0 Å². The van der Waals surface area contributed by atoms with Gasteiger partial charge in [-0.1, -0.05) is 0 Å². The molecule has 1 saturated heterocycles. The van der Waals surface area contributed by atoms with E-state index in [2.05, 4.69) is 5.32 Å². The van der Waals surface area contributed by atoms with Crippen molar-refractivity contribution in [2.75, 3.05) is 24.6 Å². The molecule has 3 rings (SSSR count). The number of nitro benzene ring substituents is 1. The van der Waals surface area contributed by atoms with Crippen LogP contribution in [-0.2, 0) is 16.6 Å². The number of aryl methyl sites for hydroxylation is 1. The summed E-state index contributed by atoms with van der Waals surface area (Å²) in [6.45, 7) is 0.761. The Labute approximate surface area is 166 Å². The van der Waals surface area contributed by atoms with Gasteiger partial charge in [-0.05, 0) is 37.1 Å². The number of carbonyl (C=O) groups excluding carboxylic acids is 3. The van der Waals surface area contributed by atoms with E-state index in [-0.39, 0.29) is 16.9 Å². The Bertz CT molecular complexity index is 961. The molecule has 10 nitrogen and oxygen atoms in total. The van der Waals surface area contributed by atoms with Gasteiger partial charge in [-0.3, -0.25) is 25.0 Å². The minimum absolute atomic E-state index is 0.0405. The molecule has 2 aromatic rings. The zero-order valence-electron chi connectivity index (χ0n) is 15.8. The molecule has 0 unspecified atom stereocenters. The fourth-order valence-electron chi connectivity index (χ4n) is 3.16. The van der Waals surface area contributed by atoms with Crippen molar-refractivity contribution >= 4 is 29.2 Å². The van der Waals surface area contributed by atoms with Gasteiger partial charge in [0.05, 0.1) is 10.5 Å². The van der Waals surface area contributed by atoms with Crippen molar-refractivity contribution in [3.63, 3.8) is 0 Å². The predicted octanol–water partition coefficient (Wildman–Crippen LogP) is 1.65. The maximum Gasteiger partial charge on any atom is 0.338 e.